The van der Waals surface area contributed by atoms with Crippen LogP contribution in [0.2, 0.25) is 0 Å². The molecular weight excluding hydrogens is 226 g/mol. The molecule has 0 saturated heterocycles. The summed E-state index contributed by atoms with van der Waals surface area (Å²) in [7, 11) is 3.78. The minimum atomic E-state index is -0.470. The van der Waals surface area contributed by atoms with E-state index in [0.29, 0.717) is 18.0 Å². The van der Waals surface area contributed by atoms with Gasteiger partial charge < -0.3 is 14.7 Å². The first-order chi connectivity index (χ1) is 8.18. The van der Waals surface area contributed by atoms with E-state index < -0.39 is 11.7 Å². The standard InChI is InChI=1S/C15H31NO2/c1-14(2)9-7-12(8-10-14)16(5)11-13(17)15(3,4)18-6/h12-13,17H,7-11H2,1-6H3. The Bertz CT molecular complexity index is 253. The van der Waals surface area contributed by atoms with Gasteiger partial charge in [-0.3, -0.25) is 0 Å². The molecule has 0 aromatic heterocycles. The zero-order valence-corrected chi connectivity index (χ0v) is 13.0. The van der Waals surface area contributed by atoms with Crippen LogP contribution in [0, 0.1) is 5.41 Å². The summed E-state index contributed by atoms with van der Waals surface area (Å²) in [5, 5.41) is 10.2. The molecule has 0 aromatic carbocycles. The van der Waals surface area contributed by atoms with E-state index in [0.717, 1.165) is 0 Å². The van der Waals surface area contributed by atoms with E-state index in [1.165, 1.54) is 25.7 Å². The Morgan fingerprint density at radius 3 is 2.28 bits per heavy atom. The molecule has 3 nitrogen and oxygen atoms in total. The zero-order valence-electron chi connectivity index (χ0n) is 13.0. The fraction of sp³-hybridized carbons (Fsp3) is 1.00. The van der Waals surface area contributed by atoms with Gasteiger partial charge in [-0.1, -0.05) is 13.8 Å². The van der Waals surface area contributed by atoms with Crippen LogP contribution in [0.1, 0.15) is 53.4 Å². The molecule has 1 aliphatic carbocycles. The number of methoxy groups -OCH3 is 1. The highest BCUT2D eigenvalue weighted by molar-refractivity contribution is 4.86. The predicted molar refractivity (Wildman–Crippen MR) is 75.8 cm³/mol. The van der Waals surface area contributed by atoms with Crippen LogP contribution in [-0.2, 0) is 4.74 Å². The Morgan fingerprint density at radius 1 is 1.33 bits per heavy atom. The minimum Gasteiger partial charge on any atom is -0.389 e. The second kappa shape index (κ2) is 5.89. The van der Waals surface area contributed by atoms with Crippen LogP contribution in [0.25, 0.3) is 0 Å². The van der Waals surface area contributed by atoms with Gasteiger partial charge in [-0.05, 0) is 52.0 Å². The van der Waals surface area contributed by atoms with Gasteiger partial charge in [0, 0.05) is 19.7 Å². The molecule has 1 rings (SSSR count). The lowest BCUT2D eigenvalue weighted by Gasteiger charge is -2.40. The lowest BCUT2D eigenvalue weighted by molar-refractivity contribution is -0.0904. The van der Waals surface area contributed by atoms with E-state index in [9.17, 15) is 5.11 Å². The summed E-state index contributed by atoms with van der Waals surface area (Å²) in [5.41, 5.74) is 0.0317. The molecule has 1 fully saturated rings. The molecule has 1 atom stereocenters. The smallest absolute Gasteiger partial charge is 0.0950 e. The Morgan fingerprint density at radius 2 is 1.83 bits per heavy atom. The quantitative estimate of drug-likeness (QED) is 0.822. The van der Waals surface area contributed by atoms with Gasteiger partial charge in [0.25, 0.3) is 0 Å². The molecule has 1 unspecified atom stereocenters. The molecule has 0 heterocycles. The van der Waals surface area contributed by atoms with Gasteiger partial charge in [0.2, 0.25) is 0 Å². The van der Waals surface area contributed by atoms with Crippen molar-refractivity contribution in [2.75, 3.05) is 20.7 Å². The fourth-order valence-electron chi connectivity index (χ4n) is 2.60. The summed E-state index contributed by atoms with van der Waals surface area (Å²) in [6, 6.07) is 0.611. The molecule has 108 valence electrons. The molecule has 3 heteroatoms. The van der Waals surface area contributed by atoms with Crippen LogP contribution >= 0.6 is 0 Å². The van der Waals surface area contributed by atoms with Gasteiger partial charge in [-0.2, -0.15) is 0 Å². The van der Waals surface area contributed by atoms with Crippen molar-refractivity contribution in [3.8, 4) is 0 Å². The SMILES string of the molecule is COC(C)(C)C(O)CN(C)C1CCC(C)(C)CC1. The highest BCUT2D eigenvalue weighted by Crippen LogP contribution is 2.36. The first-order valence-electron chi connectivity index (χ1n) is 7.11. The lowest BCUT2D eigenvalue weighted by atomic mass is 9.75. The molecule has 18 heavy (non-hydrogen) atoms. The maximum Gasteiger partial charge on any atom is 0.0950 e. The fourth-order valence-corrected chi connectivity index (χ4v) is 2.60. The minimum absolute atomic E-state index is 0.442. The zero-order chi connectivity index (χ0) is 14.0. The van der Waals surface area contributed by atoms with E-state index in [2.05, 4.69) is 25.8 Å². The van der Waals surface area contributed by atoms with Crippen molar-refractivity contribution in [3.63, 3.8) is 0 Å². The van der Waals surface area contributed by atoms with Crippen LogP contribution in [0.3, 0.4) is 0 Å². The van der Waals surface area contributed by atoms with Crippen molar-refractivity contribution in [2.45, 2.75) is 71.1 Å². The van der Waals surface area contributed by atoms with Crippen LogP contribution in [0.15, 0.2) is 0 Å². The monoisotopic (exact) mass is 257 g/mol. The molecule has 0 bridgehead atoms. The predicted octanol–water partition coefficient (Wildman–Crippen LogP) is 2.67. The van der Waals surface area contributed by atoms with Gasteiger partial charge in [0.1, 0.15) is 0 Å². The number of aliphatic hydroxyl groups is 1. The van der Waals surface area contributed by atoms with Crippen molar-refractivity contribution in [3.05, 3.63) is 0 Å². The van der Waals surface area contributed by atoms with Crippen molar-refractivity contribution >= 4 is 0 Å². The van der Waals surface area contributed by atoms with Crippen LogP contribution < -0.4 is 0 Å². The topological polar surface area (TPSA) is 32.7 Å². The van der Waals surface area contributed by atoms with Crippen LogP contribution in [0.5, 0.6) is 0 Å². The highest BCUT2D eigenvalue weighted by atomic mass is 16.5. The Hall–Kier alpha value is -0.120. The molecule has 0 amide bonds. The molecule has 1 N–H and O–H groups in total. The molecule has 1 saturated carbocycles. The average molecular weight is 257 g/mol. The highest BCUT2D eigenvalue weighted by Gasteiger charge is 2.33. The molecule has 0 aromatic rings. The van der Waals surface area contributed by atoms with Gasteiger partial charge in [0.15, 0.2) is 0 Å². The van der Waals surface area contributed by atoms with Crippen LogP contribution in [-0.4, -0.2) is 48.5 Å². The molecular formula is C15H31NO2. The van der Waals surface area contributed by atoms with Crippen molar-refractivity contribution in [1.29, 1.82) is 0 Å². The normalized spacial score (nSPS) is 23.3. The number of hydrogen-bond acceptors (Lipinski definition) is 3. The molecule has 0 aliphatic heterocycles. The molecule has 0 spiro atoms. The number of ether oxygens (including phenoxy) is 1. The Kier molecular flexibility index (Phi) is 5.22. The van der Waals surface area contributed by atoms with Crippen molar-refractivity contribution in [1.82, 2.24) is 4.90 Å². The Labute approximate surface area is 113 Å². The van der Waals surface area contributed by atoms with E-state index in [1.54, 1.807) is 7.11 Å². The second-order valence-electron chi connectivity index (χ2n) is 7.16. The van der Waals surface area contributed by atoms with Crippen molar-refractivity contribution < 1.29 is 9.84 Å². The lowest BCUT2D eigenvalue weighted by Crippen LogP contribution is -2.48. The summed E-state index contributed by atoms with van der Waals surface area (Å²) in [6.07, 6.45) is 4.60. The van der Waals surface area contributed by atoms with E-state index in [-0.39, 0.29) is 0 Å². The summed E-state index contributed by atoms with van der Waals surface area (Å²) in [6.45, 7) is 9.27. The van der Waals surface area contributed by atoms with Gasteiger partial charge in [0.05, 0.1) is 11.7 Å². The first-order valence-corrected chi connectivity index (χ1v) is 7.11. The maximum atomic E-state index is 10.2. The number of likely N-dealkylation sites (N-methyl/N-ethyl adjacent to an activating group) is 1. The molecule has 1 aliphatic rings. The summed E-state index contributed by atoms with van der Waals surface area (Å²) in [4.78, 5) is 2.31. The number of hydrogen-bond donors (Lipinski definition) is 1. The second-order valence-corrected chi connectivity index (χ2v) is 7.16. The Balaban J connectivity index is 2.44. The summed E-state index contributed by atoms with van der Waals surface area (Å²) in [5.74, 6) is 0. The average Bonchev–Trinajstić information content (AvgIpc) is 2.28. The number of aliphatic hydroxyl groups excluding tert-OH is 1. The summed E-state index contributed by atoms with van der Waals surface area (Å²) < 4.78 is 5.34. The third-order valence-corrected chi connectivity index (χ3v) is 4.72. The van der Waals surface area contributed by atoms with Crippen LogP contribution in [0.4, 0.5) is 0 Å². The van der Waals surface area contributed by atoms with Gasteiger partial charge in [-0.25, -0.2) is 0 Å². The largest absolute Gasteiger partial charge is 0.389 e. The van der Waals surface area contributed by atoms with Crippen molar-refractivity contribution in [2.24, 2.45) is 5.41 Å². The third kappa shape index (κ3) is 4.22. The van der Waals surface area contributed by atoms with E-state index >= 15 is 0 Å². The van der Waals surface area contributed by atoms with E-state index in [4.69, 9.17) is 4.74 Å². The number of rotatable bonds is 5. The maximum absolute atomic E-state index is 10.2. The number of nitrogens with zero attached hydrogens (tertiary/aromatic N) is 1. The van der Waals surface area contributed by atoms with Gasteiger partial charge in [-0.15, -0.1) is 0 Å². The molecule has 0 radical (unpaired) electrons. The summed E-state index contributed by atoms with van der Waals surface area (Å²) >= 11 is 0. The van der Waals surface area contributed by atoms with E-state index in [1.807, 2.05) is 13.8 Å². The van der Waals surface area contributed by atoms with Gasteiger partial charge >= 0.3 is 0 Å². The first kappa shape index (κ1) is 15.9. The third-order valence-electron chi connectivity index (χ3n) is 4.72.